The molecule has 4 nitrogen and oxygen atoms in total. The average Bonchev–Trinajstić information content (AvgIpc) is 2.04. The fourth-order valence-corrected chi connectivity index (χ4v) is 2.12. The van der Waals surface area contributed by atoms with Crippen molar-refractivity contribution in [3.63, 3.8) is 0 Å². The molecular weight excluding hydrogens is 192 g/mol. The summed E-state index contributed by atoms with van der Waals surface area (Å²) in [7, 11) is 1.79. The van der Waals surface area contributed by atoms with Crippen LogP contribution in [0.15, 0.2) is 0 Å². The number of rotatable bonds is 0. The molecule has 2 aliphatic rings. The molecule has 0 atom stereocenters. The number of ether oxygens (including phenoxy) is 1. The van der Waals surface area contributed by atoms with Crippen molar-refractivity contribution >= 4 is 6.09 Å². The van der Waals surface area contributed by atoms with E-state index in [-0.39, 0.29) is 17.2 Å². The van der Waals surface area contributed by atoms with E-state index in [0.29, 0.717) is 0 Å². The van der Waals surface area contributed by atoms with Gasteiger partial charge in [0.05, 0.1) is 0 Å². The topological polar surface area (TPSA) is 32.8 Å². The van der Waals surface area contributed by atoms with Gasteiger partial charge >= 0.3 is 6.09 Å². The van der Waals surface area contributed by atoms with Crippen LogP contribution in [0, 0.1) is 0 Å². The summed E-state index contributed by atoms with van der Waals surface area (Å²) in [6, 6.07) is 0. The third-order valence-corrected chi connectivity index (χ3v) is 3.43. The van der Waals surface area contributed by atoms with Crippen molar-refractivity contribution in [2.45, 2.75) is 38.3 Å². The lowest BCUT2D eigenvalue weighted by molar-refractivity contribution is -0.158. The Hall–Kier alpha value is -0.770. The zero-order valence-corrected chi connectivity index (χ0v) is 10.0. The minimum atomic E-state index is -0.184. The fraction of sp³-hybridized carbons (Fsp3) is 0.909. The standard InChI is InChI=1S/C11H20N2O2/c1-10(2,3)13-7-11(8-13)5-6-12(4)9(14)15-11/h5-8H2,1-4H3. The molecule has 0 aromatic heterocycles. The fourth-order valence-electron chi connectivity index (χ4n) is 2.12. The van der Waals surface area contributed by atoms with E-state index in [2.05, 4.69) is 25.7 Å². The third-order valence-electron chi connectivity index (χ3n) is 3.43. The molecule has 2 fully saturated rings. The molecule has 1 amide bonds. The predicted molar refractivity (Wildman–Crippen MR) is 57.8 cm³/mol. The van der Waals surface area contributed by atoms with Crippen molar-refractivity contribution in [2.75, 3.05) is 26.7 Å². The van der Waals surface area contributed by atoms with Crippen LogP contribution in [-0.4, -0.2) is 53.7 Å². The molecule has 0 aromatic carbocycles. The SMILES string of the molecule is CN1CCC2(CN(C(C)(C)C)C2)OC1=O. The van der Waals surface area contributed by atoms with Crippen LogP contribution in [0.1, 0.15) is 27.2 Å². The van der Waals surface area contributed by atoms with E-state index in [1.165, 1.54) is 0 Å². The molecule has 0 unspecified atom stereocenters. The lowest BCUT2D eigenvalue weighted by Crippen LogP contribution is -2.71. The van der Waals surface area contributed by atoms with Gasteiger partial charge in [-0.1, -0.05) is 0 Å². The molecule has 0 saturated carbocycles. The molecule has 0 aliphatic carbocycles. The maximum Gasteiger partial charge on any atom is 0.410 e. The van der Waals surface area contributed by atoms with Crippen molar-refractivity contribution in [3.8, 4) is 0 Å². The van der Waals surface area contributed by atoms with Crippen LogP contribution in [0.25, 0.3) is 0 Å². The van der Waals surface area contributed by atoms with Gasteiger partial charge in [-0.05, 0) is 20.8 Å². The van der Waals surface area contributed by atoms with Crippen molar-refractivity contribution in [2.24, 2.45) is 0 Å². The van der Waals surface area contributed by atoms with Crippen molar-refractivity contribution in [1.29, 1.82) is 0 Å². The Bertz CT molecular complexity index is 277. The van der Waals surface area contributed by atoms with E-state index in [9.17, 15) is 4.79 Å². The first-order valence-corrected chi connectivity index (χ1v) is 5.52. The number of hydrogen-bond acceptors (Lipinski definition) is 3. The van der Waals surface area contributed by atoms with Gasteiger partial charge in [-0.2, -0.15) is 0 Å². The summed E-state index contributed by atoms with van der Waals surface area (Å²) in [4.78, 5) is 15.4. The maximum atomic E-state index is 11.4. The largest absolute Gasteiger partial charge is 0.440 e. The molecular formula is C11H20N2O2. The molecule has 0 aromatic rings. The summed E-state index contributed by atoms with van der Waals surface area (Å²) < 4.78 is 5.49. The van der Waals surface area contributed by atoms with Gasteiger partial charge in [0.2, 0.25) is 0 Å². The number of carbonyl (C=O) groups is 1. The summed E-state index contributed by atoms with van der Waals surface area (Å²) in [6.45, 7) is 9.16. The van der Waals surface area contributed by atoms with Gasteiger partial charge in [0.25, 0.3) is 0 Å². The Balaban J connectivity index is 1.95. The molecule has 0 radical (unpaired) electrons. The van der Waals surface area contributed by atoms with Crippen LogP contribution in [0.4, 0.5) is 4.79 Å². The second kappa shape index (κ2) is 3.11. The van der Waals surface area contributed by atoms with Crippen LogP contribution in [0.2, 0.25) is 0 Å². The van der Waals surface area contributed by atoms with Crippen LogP contribution in [-0.2, 0) is 4.74 Å². The van der Waals surface area contributed by atoms with Crippen molar-refractivity contribution < 1.29 is 9.53 Å². The summed E-state index contributed by atoms with van der Waals surface area (Å²) in [5.74, 6) is 0. The van der Waals surface area contributed by atoms with Gasteiger partial charge in [0.15, 0.2) is 0 Å². The Morgan fingerprint density at radius 2 is 1.93 bits per heavy atom. The predicted octanol–water partition coefficient (Wildman–Crippen LogP) is 1.31. The zero-order valence-electron chi connectivity index (χ0n) is 10.0. The van der Waals surface area contributed by atoms with E-state index in [0.717, 1.165) is 26.1 Å². The van der Waals surface area contributed by atoms with Gasteiger partial charge in [-0.3, -0.25) is 4.90 Å². The van der Waals surface area contributed by atoms with Crippen LogP contribution in [0.5, 0.6) is 0 Å². The second-order valence-corrected chi connectivity index (χ2v) is 5.75. The summed E-state index contributed by atoms with van der Waals surface area (Å²) in [6.07, 6.45) is 0.789. The van der Waals surface area contributed by atoms with Crippen molar-refractivity contribution in [3.05, 3.63) is 0 Å². The Kier molecular flexibility index (Phi) is 2.23. The molecule has 0 N–H and O–H groups in total. The molecule has 4 heteroatoms. The second-order valence-electron chi connectivity index (χ2n) is 5.75. The highest BCUT2D eigenvalue weighted by Crippen LogP contribution is 2.36. The van der Waals surface area contributed by atoms with Gasteiger partial charge in [0.1, 0.15) is 5.60 Å². The molecule has 2 heterocycles. The Morgan fingerprint density at radius 3 is 2.40 bits per heavy atom. The smallest absolute Gasteiger partial charge is 0.410 e. The highest BCUT2D eigenvalue weighted by atomic mass is 16.6. The summed E-state index contributed by atoms with van der Waals surface area (Å²) >= 11 is 0. The number of amides is 1. The first-order valence-electron chi connectivity index (χ1n) is 5.52. The van der Waals surface area contributed by atoms with E-state index in [1.54, 1.807) is 11.9 Å². The van der Waals surface area contributed by atoms with Gasteiger partial charge < -0.3 is 9.64 Å². The highest BCUT2D eigenvalue weighted by molar-refractivity contribution is 5.69. The molecule has 86 valence electrons. The summed E-state index contributed by atoms with van der Waals surface area (Å²) in [5.41, 5.74) is -0.00210. The molecule has 2 aliphatic heterocycles. The number of likely N-dealkylation sites (tertiary alicyclic amines) is 1. The Labute approximate surface area is 91.2 Å². The minimum Gasteiger partial charge on any atom is -0.440 e. The first kappa shape index (κ1) is 10.7. The number of hydrogen-bond donors (Lipinski definition) is 0. The third kappa shape index (κ3) is 1.83. The van der Waals surface area contributed by atoms with E-state index in [4.69, 9.17) is 4.74 Å². The van der Waals surface area contributed by atoms with E-state index < -0.39 is 0 Å². The number of carbonyl (C=O) groups excluding carboxylic acids is 1. The van der Waals surface area contributed by atoms with Crippen LogP contribution >= 0.6 is 0 Å². The first-order chi connectivity index (χ1) is 6.82. The molecule has 1 spiro atoms. The molecule has 2 rings (SSSR count). The Morgan fingerprint density at radius 1 is 1.33 bits per heavy atom. The van der Waals surface area contributed by atoms with Crippen LogP contribution in [0.3, 0.4) is 0 Å². The van der Waals surface area contributed by atoms with Gasteiger partial charge in [-0.25, -0.2) is 4.79 Å². The van der Waals surface area contributed by atoms with E-state index in [1.807, 2.05) is 0 Å². The number of nitrogens with zero attached hydrogens (tertiary/aromatic N) is 2. The molecule has 15 heavy (non-hydrogen) atoms. The average molecular weight is 212 g/mol. The van der Waals surface area contributed by atoms with Crippen molar-refractivity contribution in [1.82, 2.24) is 9.80 Å². The quantitative estimate of drug-likeness (QED) is 0.607. The normalized spacial score (nSPS) is 26.4. The van der Waals surface area contributed by atoms with E-state index >= 15 is 0 Å². The monoisotopic (exact) mass is 212 g/mol. The summed E-state index contributed by atoms with van der Waals surface area (Å²) in [5, 5.41) is 0. The van der Waals surface area contributed by atoms with Gasteiger partial charge in [-0.15, -0.1) is 0 Å². The highest BCUT2D eigenvalue weighted by Gasteiger charge is 2.51. The lowest BCUT2D eigenvalue weighted by Gasteiger charge is -2.56. The molecule has 2 saturated heterocycles. The maximum absolute atomic E-state index is 11.4. The van der Waals surface area contributed by atoms with Gasteiger partial charge in [0, 0.05) is 38.6 Å². The lowest BCUT2D eigenvalue weighted by atomic mass is 9.85. The molecule has 0 bridgehead atoms. The minimum absolute atomic E-state index is 0.171. The zero-order chi connectivity index (χ0) is 11.3. The van der Waals surface area contributed by atoms with Crippen LogP contribution < -0.4 is 0 Å².